The number of carbonyl (C=O) groups is 1. The summed E-state index contributed by atoms with van der Waals surface area (Å²) in [6, 6.07) is 0. The normalized spacial score (nSPS) is 11.3. The maximum absolute atomic E-state index is 10.7. The first-order chi connectivity index (χ1) is 7.56. The van der Waals surface area contributed by atoms with Gasteiger partial charge in [0.2, 0.25) is 0 Å². The highest BCUT2D eigenvalue weighted by Crippen LogP contribution is 2.01. The van der Waals surface area contributed by atoms with Crippen molar-refractivity contribution in [3.8, 4) is 0 Å². The first-order valence-electron chi connectivity index (χ1n) is 6.15. The van der Waals surface area contributed by atoms with Crippen LogP contribution in [0.5, 0.6) is 0 Å². The average molecular weight is 230 g/mol. The molecule has 16 heavy (non-hydrogen) atoms. The van der Waals surface area contributed by atoms with Gasteiger partial charge in [0, 0.05) is 13.1 Å². The molecule has 0 aliphatic heterocycles. The number of rotatable bonds is 10. The minimum Gasteiger partial charge on any atom is -0.480 e. The van der Waals surface area contributed by atoms with Gasteiger partial charge in [0.1, 0.15) is 0 Å². The molecule has 0 saturated carbocycles. The fourth-order valence-corrected chi connectivity index (χ4v) is 1.56. The number of likely N-dealkylation sites (N-methyl/N-ethyl adjacent to an activating group) is 1. The summed E-state index contributed by atoms with van der Waals surface area (Å²) in [7, 11) is 4.02. The van der Waals surface area contributed by atoms with E-state index in [9.17, 15) is 4.79 Å². The Morgan fingerprint density at radius 3 is 2.25 bits per heavy atom. The highest BCUT2D eigenvalue weighted by molar-refractivity contribution is 5.69. The van der Waals surface area contributed by atoms with E-state index >= 15 is 0 Å². The Morgan fingerprint density at radius 2 is 1.75 bits per heavy atom. The lowest BCUT2D eigenvalue weighted by Gasteiger charge is -2.22. The van der Waals surface area contributed by atoms with Gasteiger partial charge in [-0.3, -0.25) is 9.69 Å². The number of unbranched alkanes of at least 4 members (excludes halogenated alkanes) is 3. The highest BCUT2D eigenvalue weighted by atomic mass is 16.4. The molecule has 0 spiro atoms. The third-order valence-electron chi connectivity index (χ3n) is 2.55. The molecule has 0 heterocycles. The number of hydrogen-bond donors (Lipinski definition) is 1. The van der Waals surface area contributed by atoms with Gasteiger partial charge in [-0.15, -0.1) is 0 Å². The van der Waals surface area contributed by atoms with Crippen molar-refractivity contribution in [2.24, 2.45) is 0 Å². The Labute approximate surface area is 99.2 Å². The first kappa shape index (κ1) is 15.4. The zero-order chi connectivity index (χ0) is 12.4. The largest absolute Gasteiger partial charge is 0.480 e. The number of hydrogen-bond acceptors (Lipinski definition) is 3. The lowest BCUT2D eigenvalue weighted by atomic mass is 10.2. The van der Waals surface area contributed by atoms with Crippen molar-refractivity contribution >= 4 is 5.97 Å². The molecule has 0 rings (SSSR count). The van der Waals surface area contributed by atoms with Crippen LogP contribution in [-0.2, 0) is 4.79 Å². The van der Waals surface area contributed by atoms with Crippen molar-refractivity contribution < 1.29 is 9.90 Å². The Kier molecular flexibility index (Phi) is 9.24. The summed E-state index contributed by atoms with van der Waals surface area (Å²) in [5.74, 6) is -0.728. The molecule has 1 N–H and O–H groups in total. The van der Waals surface area contributed by atoms with E-state index in [1.807, 2.05) is 19.0 Å². The second kappa shape index (κ2) is 9.60. The van der Waals surface area contributed by atoms with Gasteiger partial charge in [-0.1, -0.05) is 26.2 Å². The van der Waals surface area contributed by atoms with Gasteiger partial charge in [0.05, 0.1) is 6.54 Å². The highest BCUT2D eigenvalue weighted by Gasteiger charge is 2.09. The van der Waals surface area contributed by atoms with Gasteiger partial charge in [0.15, 0.2) is 0 Å². The van der Waals surface area contributed by atoms with Crippen LogP contribution in [0.4, 0.5) is 0 Å². The molecule has 0 fully saturated rings. The van der Waals surface area contributed by atoms with E-state index in [1.54, 1.807) is 0 Å². The van der Waals surface area contributed by atoms with Crippen molar-refractivity contribution in [2.75, 3.05) is 40.3 Å². The molecule has 0 aromatic carbocycles. The maximum atomic E-state index is 10.7. The van der Waals surface area contributed by atoms with Crippen LogP contribution >= 0.6 is 0 Å². The van der Waals surface area contributed by atoms with E-state index < -0.39 is 5.97 Å². The molecule has 0 unspecified atom stereocenters. The molecular formula is C12H26N2O2. The third kappa shape index (κ3) is 9.93. The van der Waals surface area contributed by atoms with Crippen LogP contribution in [0.1, 0.15) is 32.6 Å². The summed E-state index contributed by atoms with van der Waals surface area (Å²) in [6.07, 6.45) is 4.77. The summed E-state index contributed by atoms with van der Waals surface area (Å²) in [5.41, 5.74) is 0. The summed E-state index contributed by atoms with van der Waals surface area (Å²) < 4.78 is 0. The van der Waals surface area contributed by atoms with Crippen LogP contribution < -0.4 is 0 Å². The van der Waals surface area contributed by atoms with Crippen molar-refractivity contribution in [1.29, 1.82) is 0 Å². The lowest BCUT2D eigenvalue weighted by molar-refractivity contribution is -0.138. The van der Waals surface area contributed by atoms with Crippen molar-refractivity contribution in [3.63, 3.8) is 0 Å². The van der Waals surface area contributed by atoms with Gasteiger partial charge in [-0.25, -0.2) is 0 Å². The average Bonchev–Trinajstić information content (AvgIpc) is 2.19. The topological polar surface area (TPSA) is 43.8 Å². The standard InChI is InChI=1S/C12H26N2O2/c1-4-5-6-7-8-14(11-12(15)16)10-9-13(2)3/h4-11H2,1-3H3,(H,15,16). The molecule has 0 aromatic heterocycles. The predicted molar refractivity (Wildman–Crippen MR) is 66.8 cm³/mol. The SMILES string of the molecule is CCCCCCN(CCN(C)C)CC(=O)O. The Morgan fingerprint density at radius 1 is 1.06 bits per heavy atom. The van der Waals surface area contributed by atoms with E-state index in [-0.39, 0.29) is 6.54 Å². The van der Waals surface area contributed by atoms with Crippen LogP contribution in [-0.4, -0.2) is 61.2 Å². The fourth-order valence-electron chi connectivity index (χ4n) is 1.56. The van der Waals surface area contributed by atoms with Gasteiger partial charge >= 0.3 is 5.97 Å². The van der Waals surface area contributed by atoms with Crippen LogP contribution in [0.3, 0.4) is 0 Å². The maximum Gasteiger partial charge on any atom is 0.317 e. The van der Waals surface area contributed by atoms with E-state index in [0.717, 1.165) is 26.1 Å². The smallest absolute Gasteiger partial charge is 0.317 e. The molecule has 0 aromatic rings. The zero-order valence-corrected chi connectivity index (χ0v) is 10.9. The Hall–Kier alpha value is -0.610. The Balaban J connectivity index is 3.76. The molecule has 4 nitrogen and oxygen atoms in total. The van der Waals surface area contributed by atoms with Crippen LogP contribution in [0, 0.1) is 0 Å². The summed E-state index contributed by atoms with van der Waals surface area (Å²) in [4.78, 5) is 14.8. The fraction of sp³-hybridized carbons (Fsp3) is 0.917. The minimum absolute atomic E-state index is 0.167. The van der Waals surface area contributed by atoms with E-state index in [2.05, 4.69) is 11.8 Å². The quantitative estimate of drug-likeness (QED) is 0.578. The summed E-state index contributed by atoms with van der Waals surface area (Å²) in [5, 5.41) is 8.80. The lowest BCUT2D eigenvalue weighted by Crippen LogP contribution is -2.36. The minimum atomic E-state index is -0.728. The van der Waals surface area contributed by atoms with Crippen LogP contribution in [0.15, 0.2) is 0 Å². The molecule has 0 bridgehead atoms. The molecule has 0 saturated heterocycles. The second-order valence-electron chi connectivity index (χ2n) is 4.53. The Bertz CT molecular complexity index is 184. The van der Waals surface area contributed by atoms with Gasteiger partial charge in [0.25, 0.3) is 0 Å². The monoisotopic (exact) mass is 230 g/mol. The van der Waals surface area contributed by atoms with E-state index in [0.29, 0.717) is 0 Å². The molecule has 0 aliphatic rings. The number of carboxylic acid groups (broad SMARTS) is 1. The van der Waals surface area contributed by atoms with E-state index in [4.69, 9.17) is 5.11 Å². The molecule has 0 aliphatic carbocycles. The van der Waals surface area contributed by atoms with Gasteiger partial charge in [-0.05, 0) is 27.1 Å². The number of nitrogens with zero attached hydrogens (tertiary/aromatic N) is 2. The molecule has 0 amide bonds. The van der Waals surface area contributed by atoms with Gasteiger partial charge in [-0.2, -0.15) is 0 Å². The molecule has 0 radical (unpaired) electrons. The molecule has 96 valence electrons. The molecule has 0 atom stereocenters. The molecule has 4 heteroatoms. The number of aliphatic carboxylic acids is 1. The van der Waals surface area contributed by atoms with Crippen LogP contribution in [0.25, 0.3) is 0 Å². The van der Waals surface area contributed by atoms with Gasteiger partial charge < -0.3 is 10.0 Å². The molecular weight excluding hydrogens is 204 g/mol. The van der Waals surface area contributed by atoms with Crippen LogP contribution in [0.2, 0.25) is 0 Å². The number of carboxylic acids is 1. The van der Waals surface area contributed by atoms with Crippen molar-refractivity contribution in [1.82, 2.24) is 9.80 Å². The summed E-state index contributed by atoms with van der Waals surface area (Å²) in [6.45, 7) is 5.01. The summed E-state index contributed by atoms with van der Waals surface area (Å²) >= 11 is 0. The van der Waals surface area contributed by atoms with Crippen molar-refractivity contribution in [3.05, 3.63) is 0 Å². The predicted octanol–water partition coefficient (Wildman–Crippen LogP) is 1.51. The van der Waals surface area contributed by atoms with E-state index in [1.165, 1.54) is 19.3 Å². The second-order valence-corrected chi connectivity index (χ2v) is 4.53. The van der Waals surface area contributed by atoms with Crippen molar-refractivity contribution in [2.45, 2.75) is 32.6 Å². The first-order valence-corrected chi connectivity index (χ1v) is 6.15. The zero-order valence-electron chi connectivity index (χ0n) is 10.9. The third-order valence-corrected chi connectivity index (χ3v) is 2.55.